The number of amides is 1. The number of hydrogen-bond acceptors (Lipinski definition) is 4. The summed E-state index contributed by atoms with van der Waals surface area (Å²) in [4.78, 5) is 13.8. The molecule has 0 radical (unpaired) electrons. The van der Waals surface area contributed by atoms with Gasteiger partial charge in [-0.1, -0.05) is 25.4 Å². The van der Waals surface area contributed by atoms with Gasteiger partial charge in [0.25, 0.3) is 0 Å². The van der Waals surface area contributed by atoms with Crippen LogP contribution in [0.1, 0.15) is 53.0 Å². The van der Waals surface area contributed by atoms with E-state index in [1.165, 1.54) is 0 Å². The van der Waals surface area contributed by atoms with Crippen molar-refractivity contribution in [3.63, 3.8) is 0 Å². The molecule has 6 heteroatoms. The molecule has 0 bridgehead atoms. The molecule has 0 aliphatic carbocycles. The van der Waals surface area contributed by atoms with Crippen molar-refractivity contribution in [3.8, 4) is 0 Å². The van der Waals surface area contributed by atoms with Crippen LogP contribution < -0.4 is 5.32 Å². The van der Waals surface area contributed by atoms with E-state index < -0.39 is 5.60 Å². The van der Waals surface area contributed by atoms with Crippen LogP contribution in [0.25, 0.3) is 0 Å². The highest BCUT2D eigenvalue weighted by molar-refractivity contribution is 6.30. The zero-order valence-corrected chi connectivity index (χ0v) is 16.7. The number of aliphatic hydroxyl groups is 1. The average molecular weight is 371 g/mol. The van der Waals surface area contributed by atoms with Crippen molar-refractivity contribution in [1.29, 1.82) is 0 Å². The van der Waals surface area contributed by atoms with Crippen LogP contribution in [0.15, 0.2) is 18.2 Å². The molecule has 1 aromatic carbocycles. The molecule has 0 atom stereocenters. The van der Waals surface area contributed by atoms with E-state index >= 15 is 0 Å². The minimum absolute atomic E-state index is 0.0559. The fourth-order valence-electron chi connectivity index (χ4n) is 2.59. The predicted octanol–water partition coefficient (Wildman–Crippen LogP) is 4.67. The maximum absolute atomic E-state index is 12.1. The molecule has 1 fully saturated rings. The number of carbonyl (C=O) groups excluding carboxylic acids is 1. The summed E-state index contributed by atoms with van der Waals surface area (Å²) in [5.41, 5.74) is 1.21. The maximum atomic E-state index is 12.1. The fraction of sp³-hybridized carbons (Fsp3) is 0.632. The Morgan fingerprint density at radius 3 is 2.44 bits per heavy atom. The second-order valence-corrected chi connectivity index (χ2v) is 7.28. The molecule has 2 N–H and O–H groups in total. The molecular weight excluding hydrogens is 340 g/mol. The van der Waals surface area contributed by atoms with Crippen LogP contribution in [0.2, 0.25) is 5.02 Å². The first-order valence-corrected chi connectivity index (χ1v) is 9.30. The molecule has 0 saturated carbocycles. The first-order valence-electron chi connectivity index (χ1n) is 8.92. The van der Waals surface area contributed by atoms with E-state index in [0.717, 1.165) is 24.1 Å². The summed E-state index contributed by atoms with van der Waals surface area (Å²) in [5, 5.41) is 13.5. The minimum atomic E-state index is -0.467. The number of nitrogens with one attached hydrogen (secondary N) is 1. The van der Waals surface area contributed by atoms with Crippen LogP contribution in [0, 0.1) is 0 Å². The third-order valence-corrected chi connectivity index (χ3v) is 3.98. The van der Waals surface area contributed by atoms with E-state index in [1.54, 1.807) is 17.0 Å². The Labute approximate surface area is 156 Å². The number of likely N-dealkylation sites (tertiary alicyclic amines) is 1. The summed E-state index contributed by atoms with van der Waals surface area (Å²) in [6.45, 7) is 10.9. The van der Waals surface area contributed by atoms with E-state index in [-0.39, 0.29) is 18.7 Å². The molecule has 5 nitrogen and oxygen atoms in total. The van der Waals surface area contributed by atoms with Crippen molar-refractivity contribution >= 4 is 23.4 Å². The van der Waals surface area contributed by atoms with Crippen molar-refractivity contribution in [2.75, 3.05) is 18.4 Å². The van der Waals surface area contributed by atoms with E-state index in [9.17, 15) is 9.90 Å². The number of ether oxygens (including phenoxy) is 1. The number of benzene rings is 1. The molecular formula is C19H31ClN2O3. The zero-order chi connectivity index (χ0) is 19.0. The number of aliphatic hydroxyl groups excluding tert-OH is 1. The third kappa shape index (κ3) is 7.12. The van der Waals surface area contributed by atoms with Crippen molar-refractivity contribution < 1.29 is 14.6 Å². The molecule has 2 rings (SSSR count). The average Bonchev–Trinajstić information content (AvgIpc) is 2.57. The highest BCUT2D eigenvalue weighted by atomic mass is 35.5. The van der Waals surface area contributed by atoms with Gasteiger partial charge in [-0.25, -0.2) is 4.79 Å². The van der Waals surface area contributed by atoms with Crippen molar-refractivity contribution in [2.45, 2.75) is 65.7 Å². The van der Waals surface area contributed by atoms with Crippen LogP contribution in [-0.2, 0) is 11.3 Å². The smallest absolute Gasteiger partial charge is 0.410 e. The van der Waals surface area contributed by atoms with Crippen LogP contribution in [0.3, 0.4) is 0 Å². The highest BCUT2D eigenvalue weighted by Crippen LogP contribution is 2.24. The first kappa shape index (κ1) is 21.6. The molecule has 142 valence electrons. The number of rotatable bonds is 3. The lowest BCUT2D eigenvalue weighted by Crippen LogP contribution is -2.44. The standard InChI is InChI=1S/C17H25ClN2O3.C2H6/c1-17(2,3)23-16(22)20-8-6-14(7-9-20)19-15-5-4-13(18)10-12(15)11-21;1-2/h4-5,10,14,19,21H,6-9,11H2,1-3H3;1-2H3. The van der Waals surface area contributed by atoms with Gasteiger partial charge in [0.05, 0.1) is 6.61 Å². The van der Waals surface area contributed by atoms with Gasteiger partial charge in [-0.15, -0.1) is 0 Å². The highest BCUT2D eigenvalue weighted by Gasteiger charge is 2.27. The minimum Gasteiger partial charge on any atom is -0.444 e. The monoisotopic (exact) mass is 370 g/mol. The summed E-state index contributed by atoms with van der Waals surface area (Å²) < 4.78 is 5.40. The van der Waals surface area contributed by atoms with Gasteiger partial charge in [0, 0.05) is 35.4 Å². The lowest BCUT2D eigenvalue weighted by molar-refractivity contribution is 0.0210. The van der Waals surface area contributed by atoms with Crippen molar-refractivity contribution in [3.05, 3.63) is 28.8 Å². The summed E-state index contributed by atoms with van der Waals surface area (Å²) in [6.07, 6.45) is 1.43. The number of nitrogens with zero attached hydrogens (tertiary/aromatic N) is 1. The SMILES string of the molecule is CC.CC(C)(C)OC(=O)N1CCC(Nc2ccc(Cl)cc2CO)CC1. The van der Waals surface area contributed by atoms with Gasteiger partial charge in [-0.05, 0) is 51.8 Å². The fourth-order valence-corrected chi connectivity index (χ4v) is 2.78. The van der Waals surface area contributed by atoms with E-state index in [1.807, 2.05) is 40.7 Å². The normalized spacial score (nSPS) is 15.2. The second-order valence-electron chi connectivity index (χ2n) is 6.85. The molecule has 1 aliphatic rings. The molecule has 1 saturated heterocycles. The topological polar surface area (TPSA) is 61.8 Å². The predicted molar refractivity (Wildman–Crippen MR) is 103 cm³/mol. The summed E-state index contributed by atoms with van der Waals surface area (Å²) in [7, 11) is 0. The molecule has 0 spiro atoms. The van der Waals surface area contributed by atoms with Gasteiger partial charge in [0.1, 0.15) is 5.60 Å². The largest absolute Gasteiger partial charge is 0.444 e. The van der Waals surface area contributed by atoms with Gasteiger partial charge < -0.3 is 20.1 Å². The number of anilines is 1. The molecule has 25 heavy (non-hydrogen) atoms. The molecule has 1 aromatic rings. The molecule has 1 aliphatic heterocycles. The van der Waals surface area contributed by atoms with Crippen LogP contribution >= 0.6 is 11.6 Å². The van der Waals surface area contributed by atoms with Gasteiger partial charge in [0.15, 0.2) is 0 Å². The van der Waals surface area contributed by atoms with Crippen LogP contribution in [-0.4, -0.2) is 40.8 Å². The first-order chi connectivity index (χ1) is 11.8. The lowest BCUT2D eigenvalue weighted by atomic mass is 10.0. The third-order valence-electron chi connectivity index (χ3n) is 3.74. The zero-order valence-electron chi connectivity index (χ0n) is 15.9. The second kappa shape index (κ2) is 9.88. The number of halogens is 1. The van der Waals surface area contributed by atoms with Crippen LogP contribution in [0.5, 0.6) is 0 Å². The molecule has 1 amide bonds. The number of carbonyl (C=O) groups is 1. The number of piperidine rings is 1. The van der Waals surface area contributed by atoms with E-state index in [2.05, 4.69) is 5.32 Å². The van der Waals surface area contributed by atoms with E-state index in [4.69, 9.17) is 16.3 Å². The lowest BCUT2D eigenvalue weighted by Gasteiger charge is -2.34. The maximum Gasteiger partial charge on any atom is 0.410 e. The van der Waals surface area contributed by atoms with Crippen molar-refractivity contribution in [1.82, 2.24) is 4.90 Å². The Hall–Kier alpha value is -1.46. The summed E-state index contributed by atoms with van der Waals surface area (Å²) in [5.74, 6) is 0. The van der Waals surface area contributed by atoms with Gasteiger partial charge in [-0.2, -0.15) is 0 Å². The Bertz CT molecular complexity index is 550. The van der Waals surface area contributed by atoms with Gasteiger partial charge >= 0.3 is 6.09 Å². The quantitative estimate of drug-likeness (QED) is 0.811. The Morgan fingerprint density at radius 1 is 1.32 bits per heavy atom. The van der Waals surface area contributed by atoms with Gasteiger partial charge in [0.2, 0.25) is 0 Å². The summed E-state index contributed by atoms with van der Waals surface area (Å²) in [6, 6.07) is 5.72. The molecule has 0 aromatic heterocycles. The Kier molecular flexibility index (Phi) is 8.53. The van der Waals surface area contributed by atoms with Crippen LogP contribution in [0.4, 0.5) is 10.5 Å². The van der Waals surface area contributed by atoms with Gasteiger partial charge in [-0.3, -0.25) is 0 Å². The number of hydrogen-bond donors (Lipinski definition) is 2. The van der Waals surface area contributed by atoms with E-state index in [0.29, 0.717) is 18.1 Å². The van der Waals surface area contributed by atoms with Crippen molar-refractivity contribution in [2.24, 2.45) is 0 Å². The molecule has 1 heterocycles. The Balaban J connectivity index is 0.00000151. The summed E-state index contributed by atoms with van der Waals surface area (Å²) >= 11 is 5.95. The Morgan fingerprint density at radius 2 is 1.92 bits per heavy atom. The molecule has 0 unspecified atom stereocenters.